The van der Waals surface area contributed by atoms with Gasteiger partial charge in [0.2, 0.25) is 10.0 Å². The Morgan fingerprint density at radius 2 is 2.17 bits per heavy atom. The molecule has 0 aliphatic heterocycles. The van der Waals surface area contributed by atoms with Gasteiger partial charge in [-0.1, -0.05) is 31.1 Å². The minimum atomic E-state index is -3.28. The van der Waals surface area contributed by atoms with Gasteiger partial charge in [-0.2, -0.15) is 4.40 Å². The van der Waals surface area contributed by atoms with Gasteiger partial charge in [0.15, 0.2) is 0 Å². The van der Waals surface area contributed by atoms with Crippen molar-refractivity contribution >= 4 is 16.2 Å². The van der Waals surface area contributed by atoms with E-state index in [1.165, 1.54) is 24.8 Å². The highest BCUT2D eigenvalue weighted by Crippen LogP contribution is 2.39. The minimum Gasteiger partial charge on any atom is -0.205 e. The SMILES string of the molecule is C[C@H]1C=CCC(/C=N/S(C)(=O)=O)=C2CCCC[C@@H]21. The molecule has 0 aromatic heterocycles. The lowest BCUT2D eigenvalue weighted by Gasteiger charge is -2.29. The Labute approximate surface area is 110 Å². The monoisotopic (exact) mass is 267 g/mol. The van der Waals surface area contributed by atoms with E-state index in [1.54, 1.807) is 6.21 Å². The average Bonchev–Trinajstić information content (AvgIpc) is 2.46. The van der Waals surface area contributed by atoms with E-state index < -0.39 is 10.0 Å². The lowest BCUT2D eigenvalue weighted by Crippen LogP contribution is -2.17. The first-order chi connectivity index (χ1) is 8.47. The van der Waals surface area contributed by atoms with Crippen molar-refractivity contribution in [2.45, 2.75) is 39.0 Å². The summed E-state index contributed by atoms with van der Waals surface area (Å²) in [6, 6.07) is 0. The molecule has 3 nitrogen and oxygen atoms in total. The number of allylic oxidation sites excluding steroid dienone is 4. The molecule has 0 radical (unpaired) electrons. The normalized spacial score (nSPS) is 29.4. The summed E-state index contributed by atoms with van der Waals surface area (Å²) in [5, 5.41) is 0. The molecule has 0 saturated heterocycles. The van der Waals surface area contributed by atoms with E-state index in [2.05, 4.69) is 23.5 Å². The van der Waals surface area contributed by atoms with Gasteiger partial charge < -0.3 is 0 Å². The van der Waals surface area contributed by atoms with Crippen LogP contribution in [0.4, 0.5) is 0 Å². The van der Waals surface area contributed by atoms with Crippen molar-refractivity contribution in [3.05, 3.63) is 23.3 Å². The van der Waals surface area contributed by atoms with Crippen LogP contribution in [0.1, 0.15) is 39.0 Å². The Balaban J connectivity index is 2.35. The highest BCUT2D eigenvalue weighted by molar-refractivity contribution is 7.89. The molecule has 0 unspecified atom stereocenters. The largest absolute Gasteiger partial charge is 0.250 e. The highest BCUT2D eigenvalue weighted by Gasteiger charge is 2.26. The van der Waals surface area contributed by atoms with E-state index in [4.69, 9.17) is 0 Å². The molecule has 2 aliphatic carbocycles. The molecule has 0 spiro atoms. The molecule has 4 heteroatoms. The number of rotatable bonds is 2. The Hall–Kier alpha value is -0.900. The Bertz CT molecular complexity index is 500. The second-order valence-corrected chi connectivity index (χ2v) is 7.04. The Morgan fingerprint density at radius 3 is 2.89 bits per heavy atom. The Morgan fingerprint density at radius 1 is 1.39 bits per heavy atom. The molecule has 1 saturated carbocycles. The quantitative estimate of drug-likeness (QED) is 0.570. The summed E-state index contributed by atoms with van der Waals surface area (Å²) in [4.78, 5) is 0. The number of fused-ring (bicyclic) bond motifs is 1. The zero-order valence-corrected chi connectivity index (χ0v) is 11.9. The molecule has 0 amide bonds. The van der Waals surface area contributed by atoms with Crippen LogP contribution in [0.25, 0.3) is 0 Å². The second-order valence-electron chi connectivity index (χ2n) is 5.36. The summed E-state index contributed by atoms with van der Waals surface area (Å²) in [5.74, 6) is 1.14. The van der Waals surface area contributed by atoms with Crippen molar-refractivity contribution in [1.82, 2.24) is 0 Å². The maximum absolute atomic E-state index is 11.1. The second kappa shape index (κ2) is 5.39. The summed E-state index contributed by atoms with van der Waals surface area (Å²) in [7, 11) is -3.28. The van der Waals surface area contributed by atoms with E-state index in [1.807, 2.05) is 0 Å². The molecule has 1 fully saturated rings. The fourth-order valence-electron chi connectivity index (χ4n) is 2.99. The van der Waals surface area contributed by atoms with E-state index >= 15 is 0 Å². The predicted octanol–water partition coefficient (Wildman–Crippen LogP) is 3.10. The first kappa shape index (κ1) is 13.5. The van der Waals surface area contributed by atoms with Crippen LogP contribution in [0, 0.1) is 11.8 Å². The van der Waals surface area contributed by atoms with E-state index in [0.717, 1.165) is 24.7 Å². The predicted molar refractivity (Wildman–Crippen MR) is 75.2 cm³/mol. The standard InChI is InChI=1S/C14H21NO2S/c1-11-6-5-7-12(10-15-18(2,16)17)14-9-4-3-8-13(11)14/h5-6,10-11,13H,3-4,7-9H2,1-2H3/b15-10+/t11-,13+/m0/s1. The lowest BCUT2D eigenvalue weighted by atomic mass is 9.76. The van der Waals surface area contributed by atoms with E-state index in [-0.39, 0.29) is 0 Å². The van der Waals surface area contributed by atoms with Crippen LogP contribution in [0.3, 0.4) is 0 Å². The van der Waals surface area contributed by atoms with Gasteiger partial charge in [-0.15, -0.1) is 0 Å². The van der Waals surface area contributed by atoms with Crippen molar-refractivity contribution in [3.63, 3.8) is 0 Å². The molecule has 0 aromatic carbocycles. The summed E-state index contributed by atoms with van der Waals surface area (Å²) in [5.41, 5.74) is 2.55. The van der Waals surface area contributed by atoms with Crippen LogP contribution >= 0.6 is 0 Å². The first-order valence-corrected chi connectivity index (χ1v) is 8.46. The zero-order chi connectivity index (χ0) is 13.2. The number of nitrogens with zero attached hydrogens (tertiary/aromatic N) is 1. The van der Waals surface area contributed by atoms with Crippen molar-refractivity contribution in [2.75, 3.05) is 6.26 Å². The summed E-state index contributed by atoms with van der Waals surface area (Å²) in [6.45, 7) is 2.25. The molecule has 0 aromatic rings. The third-order valence-corrected chi connectivity index (χ3v) is 4.37. The third-order valence-electron chi connectivity index (χ3n) is 3.88. The maximum Gasteiger partial charge on any atom is 0.250 e. The van der Waals surface area contributed by atoms with Gasteiger partial charge in [-0.25, -0.2) is 8.42 Å². The van der Waals surface area contributed by atoms with Crippen molar-refractivity contribution in [3.8, 4) is 0 Å². The molecule has 18 heavy (non-hydrogen) atoms. The van der Waals surface area contributed by atoms with Crippen LogP contribution in [0.15, 0.2) is 27.7 Å². The van der Waals surface area contributed by atoms with Crippen LogP contribution in [0.2, 0.25) is 0 Å². The molecule has 0 heterocycles. The maximum atomic E-state index is 11.1. The fourth-order valence-corrected chi connectivity index (χ4v) is 3.31. The fraction of sp³-hybridized carbons (Fsp3) is 0.643. The number of sulfonamides is 1. The molecule has 0 N–H and O–H groups in total. The topological polar surface area (TPSA) is 46.5 Å². The molecular formula is C14H21NO2S. The third kappa shape index (κ3) is 3.31. The van der Waals surface area contributed by atoms with Gasteiger partial charge >= 0.3 is 0 Å². The smallest absolute Gasteiger partial charge is 0.205 e. The first-order valence-electron chi connectivity index (χ1n) is 6.61. The van der Waals surface area contributed by atoms with Crippen molar-refractivity contribution in [2.24, 2.45) is 16.2 Å². The van der Waals surface area contributed by atoms with Crippen LogP contribution in [0.5, 0.6) is 0 Å². The minimum absolute atomic E-state index is 0.560. The molecular weight excluding hydrogens is 246 g/mol. The van der Waals surface area contributed by atoms with Gasteiger partial charge in [0.1, 0.15) is 0 Å². The summed E-state index contributed by atoms with van der Waals surface area (Å²) < 4.78 is 26.0. The van der Waals surface area contributed by atoms with Gasteiger partial charge in [-0.05, 0) is 43.1 Å². The molecule has 2 rings (SSSR count). The summed E-state index contributed by atoms with van der Waals surface area (Å²) in [6.07, 6.45) is 12.8. The zero-order valence-electron chi connectivity index (χ0n) is 11.1. The van der Waals surface area contributed by atoms with Crippen molar-refractivity contribution in [1.29, 1.82) is 0 Å². The van der Waals surface area contributed by atoms with E-state index in [9.17, 15) is 8.42 Å². The average molecular weight is 267 g/mol. The van der Waals surface area contributed by atoms with Crippen LogP contribution in [-0.2, 0) is 10.0 Å². The number of hydrogen-bond acceptors (Lipinski definition) is 2. The Kier molecular flexibility index (Phi) is 4.05. The van der Waals surface area contributed by atoms with E-state index in [0.29, 0.717) is 11.8 Å². The highest BCUT2D eigenvalue weighted by atomic mass is 32.2. The summed E-state index contributed by atoms with van der Waals surface area (Å²) >= 11 is 0. The van der Waals surface area contributed by atoms with Gasteiger partial charge in [0.25, 0.3) is 0 Å². The van der Waals surface area contributed by atoms with Crippen LogP contribution in [-0.4, -0.2) is 20.9 Å². The van der Waals surface area contributed by atoms with Crippen molar-refractivity contribution < 1.29 is 8.42 Å². The van der Waals surface area contributed by atoms with Gasteiger partial charge in [0.05, 0.1) is 6.26 Å². The molecule has 2 aliphatic rings. The van der Waals surface area contributed by atoms with Gasteiger partial charge in [-0.3, -0.25) is 0 Å². The molecule has 0 bridgehead atoms. The van der Waals surface area contributed by atoms with Gasteiger partial charge in [0, 0.05) is 6.21 Å². The molecule has 100 valence electrons. The molecule has 2 atom stereocenters. The number of hydrogen-bond donors (Lipinski definition) is 0. The van der Waals surface area contributed by atoms with Crippen LogP contribution < -0.4 is 0 Å². The lowest BCUT2D eigenvalue weighted by molar-refractivity contribution is 0.383.